The van der Waals surface area contributed by atoms with Crippen LogP contribution >= 0.6 is 23.2 Å². The molecule has 0 aliphatic heterocycles. The van der Waals surface area contributed by atoms with E-state index in [0.29, 0.717) is 0 Å². The average molecular weight is 300 g/mol. The number of aromatic carboxylic acids is 1. The Balaban J connectivity index is 2.39. The summed E-state index contributed by atoms with van der Waals surface area (Å²) in [6.45, 7) is 0. The summed E-state index contributed by atoms with van der Waals surface area (Å²) in [7, 11) is 0. The van der Waals surface area contributed by atoms with Crippen molar-refractivity contribution in [3.05, 3.63) is 51.9 Å². The fourth-order valence-electron chi connectivity index (χ4n) is 1.45. The van der Waals surface area contributed by atoms with Crippen molar-refractivity contribution in [3.63, 3.8) is 0 Å². The van der Waals surface area contributed by atoms with Crippen molar-refractivity contribution in [1.82, 2.24) is 0 Å². The Labute approximate surface area is 117 Å². The first-order valence-electron chi connectivity index (χ1n) is 5.05. The van der Waals surface area contributed by atoms with Gasteiger partial charge in [0.2, 0.25) is 0 Å². The van der Waals surface area contributed by atoms with E-state index >= 15 is 0 Å². The van der Waals surface area contributed by atoms with Crippen molar-refractivity contribution in [3.8, 4) is 0 Å². The van der Waals surface area contributed by atoms with E-state index in [2.05, 4.69) is 5.32 Å². The van der Waals surface area contributed by atoms with Gasteiger partial charge in [-0.25, -0.2) is 4.79 Å². The second-order valence-electron chi connectivity index (χ2n) is 3.58. The number of amides is 1. The number of carbonyl (C=O) groups is 2. The normalized spacial score (nSPS) is 10.2. The Morgan fingerprint density at radius 3 is 2.58 bits per heavy atom. The van der Waals surface area contributed by atoms with Gasteiger partial charge >= 0.3 is 5.97 Å². The highest BCUT2D eigenvalue weighted by Crippen LogP contribution is 2.30. The number of carbonyl (C=O) groups excluding carboxylic acids is 1. The topological polar surface area (TPSA) is 79.5 Å². The van der Waals surface area contributed by atoms with Crippen LogP contribution in [0.25, 0.3) is 0 Å². The highest BCUT2D eigenvalue weighted by molar-refractivity contribution is 6.38. The molecule has 0 aliphatic rings. The van der Waals surface area contributed by atoms with Crippen molar-refractivity contribution in [2.75, 3.05) is 5.32 Å². The third kappa shape index (κ3) is 2.89. The maximum absolute atomic E-state index is 11.8. The second-order valence-corrected chi connectivity index (χ2v) is 4.43. The number of hydrogen-bond acceptors (Lipinski definition) is 3. The first-order valence-corrected chi connectivity index (χ1v) is 5.80. The van der Waals surface area contributed by atoms with E-state index < -0.39 is 11.9 Å². The molecule has 1 aromatic carbocycles. The van der Waals surface area contributed by atoms with Gasteiger partial charge in [0.25, 0.3) is 5.91 Å². The van der Waals surface area contributed by atoms with Gasteiger partial charge in [-0.2, -0.15) is 0 Å². The number of rotatable bonds is 3. The summed E-state index contributed by atoms with van der Waals surface area (Å²) >= 11 is 11.6. The van der Waals surface area contributed by atoms with E-state index in [-0.39, 0.29) is 26.9 Å². The van der Waals surface area contributed by atoms with E-state index in [9.17, 15) is 9.59 Å². The lowest BCUT2D eigenvalue weighted by Gasteiger charge is -2.10. The van der Waals surface area contributed by atoms with Crippen molar-refractivity contribution in [2.24, 2.45) is 0 Å². The minimum Gasteiger partial charge on any atom is -0.478 e. The fraction of sp³-hybridized carbons (Fsp3) is 0. The van der Waals surface area contributed by atoms with Gasteiger partial charge in [-0.15, -0.1) is 0 Å². The van der Waals surface area contributed by atoms with Crippen LogP contribution < -0.4 is 5.32 Å². The number of halogens is 2. The zero-order valence-electron chi connectivity index (χ0n) is 9.31. The van der Waals surface area contributed by atoms with Crippen LogP contribution in [0, 0.1) is 0 Å². The lowest BCUT2D eigenvalue weighted by atomic mass is 10.1. The Morgan fingerprint density at radius 2 is 2.00 bits per heavy atom. The standard InChI is InChI=1S/C12H7Cl2NO4/c13-7-3-8(12(17)18)10(9(14)4-7)15-11(16)6-1-2-19-5-6/h1-5H,(H,15,16)(H,17,18). The van der Waals surface area contributed by atoms with Crippen LogP contribution in [0.15, 0.2) is 35.1 Å². The molecule has 0 bridgehead atoms. The van der Waals surface area contributed by atoms with Gasteiger partial charge in [-0.1, -0.05) is 23.2 Å². The summed E-state index contributed by atoms with van der Waals surface area (Å²) in [5.41, 5.74) is 0.0569. The molecule has 0 saturated heterocycles. The minimum absolute atomic E-state index is 0.00948. The number of anilines is 1. The Morgan fingerprint density at radius 1 is 1.26 bits per heavy atom. The predicted molar refractivity (Wildman–Crippen MR) is 70.1 cm³/mol. The Hall–Kier alpha value is -1.98. The summed E-state index contributed by atoms with van der Waals surface area (Å²) in [5, 5.41) is 11.7. The third-order valence-corrected chi connectivity index (χ3v) is 2.82. The minimum atomic E-state index is -1.24. The molecule has 2 N–H and O–H groups in total. The largest absolute Gasteiger partial charge is 0.478 e. The zero-order valence-corrected chi connectivity index (χ0v) is 10.8. The molecule has 98 valence electrons. The Bertz CT molecular complexity index is 637. The number of benzene rings is 1. The molecule has 1 amide bonds. The van der Waals surface area contributed by atoms with Crippen LogP contribution in [0.3, 0.4) is 0 Å². The van der Waals surface area contributed by atoms with Gasteiger partial charge in [-0.05, 0) is 18.2 Å². The van der Waals surface area contributed by atoms with Crippen molar-refractivity contribution < 1.29 is 19.1 Å². The molecule has 2 aromatic rings. The smallest absolute Gasteiger partial charge is 0.337 e. The number of carboxylic acids is 1. The van der Waals surface area contributed by atoms with Crippen LogP contribution in [-0.4, -0.2) is 17.0 Å². The number of furan rings is 1. The maximum Gasteiger partial charge on any atom is 0.337 e. The lowest BCUT2D eigenvalue weighted by Crippen LogP contribution is -2.14. The van der Waals surface area contributed by atoms with Crippen LogP contribution in [-0.2, 0) is 0 Å². The first-order chi connectivity index (χ1) is 8.99. The van der Waals surface area contributed by atoms with Crippen LogP contribution in [0.4, 0.5) is 5.69 Å². The summed E-state index contributed by atoms with van der Waals surface area (Å²) in [5.74, 6) is -1.77. The number of carboxylic acid groups (broad SMARTS) is 1. The molecule has 0 radical (unpaired) electrons. The van der Waals surface area contributed by atoms with Crippen molar-refractivity contribution in [2.45, 2.75) is 0 Å². The maximum atomic E-state index is 11.8. The molecular weight excluding hydrogens is 293 g/mol. The predicted octanol–water partition coefficient (Wildman–Crippen LogP) is 3.54. The summed E-state index contributed by atoms with van der Waals surface area (Å²) in [6, 6.07) is 4.00. The third-order valence-electron chi connectivity index (χ3n) is 2.31. The second kappa shape index (κ2) is 5.34. The number of hydrogen-bond donors (Lipinski definition) is 2. The van der Waals surface area contributed by atoms with Gasteiger partial charge in [0, 0.05) is 5.02 Å². The van der Waals surface area contributed by atoms with E-state index in [1.54, 1.807) is 0 Å². The molecule has 7 heteroatoms. The SMILES string of the molecule is O=C(Nc1c(Cl)cc(Cl)cc1C(=O)O)c1ccoc1. The molecule has 0 unspecified atom stereocenters. The van der Waals surface area contributed by atoms with E-state index in [4.69, 9.17) is 32.7 Å². The van der Waals surface area contributed by atoms with Gasteiger partial charge in [0.05, 0.1) is 28.1 Å². The monoisotopic (exact) mass is 299 g/mol. The lowest BCUT2D eigenvalue weighted by molar-refractivity contribution is 0.0698. The summed E-state index contributed by atoms with van der Waals surface area (Å²) < 4.78 is 4.77. The first kappa shape index (κ1) is 13.5. The average Bonchev–Trinajstić information content (AvgIpc) is 2.85. The van der Waals surface area contributed by atoms with Gasteiger partial charge in [0.15, 0.2) is 0 Å². The van der Waals surface area contributed by atoms with Crippen LogP contribution in [0.5, 0.6) is 0 Å². The molecular formula is C12H7Cl2NO4. The van der Waals surface area contributed by atoms with Crippen molar-refractivity contribution in [1.29, 1.82) is 0 Å². The molecule has 2 rings (SSSR count). The molecule has 1 aromatic heterocycles. The molecule has 0 fully saturated rings. The molecule has 0 aliphatic carbocycles. The highest BCUT2D eigenvalue weighted by Gasteiger charge is 2.18. The molecule has 0 saturated carbocycles. The summed E-state index contributed by atoms with van der Waals surface area (Å²) in [4.78, 5) is 22.9. The molecule has 5 nitrogen and oxygen atoms in total. The van der Waals surface area contributed by atoms with Gasteiger partial charge in [0.1, 0.15) is 6.26 Å². The molecule has 19 heavy (non-hydrogen) atoms. The van der Waals surface area contributed by atoms with E-state index in [1.807, 2.05) is 0 Å². The molecule has 0 spiro atoms. The van der Waals surface area contributed by atoms with Crippen LogP contribution in [0.1, 0.15) is 20.7 Å². The Kier molecular flexibility index (Phi) is 3.78. The highest BCUT2D eigenvalue weighted by atomic mass is 35.5. The van der Waals surface area contributed by atoms with Gasteiger partial charge in [-0.3, -0.25) is 4.79 Å². The van der Waals surface area contributed by atoms with Crippen molar-refractivity contribution >= 4 is 40.8 Å². The summed E-state index contributed by atoms with van der Waals surface area (Å²) in [6.07, 6.45) is 2.57. The number of nitrogens with one attached hydrogen (secondary N) is 1. The van der Waals surface area contributed by atoms with E-state index in [0.717, 1.165) is 0 Å². The quantitative estimate of drug-likeness (QED) is 0.908. The van der Waals surface area contributed by atoms with Gasteiger partial charge < -0.3 is 14.8 Å². The molecule has 0 atom stereocenters. The zero-order chi connectivity index (χ0) is 14.0. The van der Waals surface area contributed by atoms with E-state index in [1.165, 1.54) is 30.7 Å². The fourth-order valence-corrected chi connectivity index (χ4v) is 1.99. The molecule has 1 heterocycles. The van der Waals surface area contributed by atoms with Crippen LogP contribution in [0.2, 0.25) is 10.0 Å².